The van der Waals surface area contributed by atoms with Crippen molar-refractivity contribution >= 4 is 11.9 Å². The molecular weight excluding hydrogens is 232 g/mol. The number of rotatable bonds is 6. The summed E-state index contributed by atoms with van der Waals surface area (Å²) in [6.45, 7) is 9.48. The number of ether oxygens (including phenoxy) is 1. The minimum absolute atomic E-state index is 0.0872. The maximum absolute atomic E-state index is 12.0. The zero-order chi connectivity index (χ0) is 13.5. The standard InChI is InChI=1S/C13H22N2O3/c1-4-18-13(17)10(2)9-14-11(3)12(16)15-7-5-6-8-15/h11,14H,2,4-9H2,1,3H3. The van der Waals surface area contributed by atoms with E-state index < -0.39 is 5.97 Å². The minimum atomic E-state index is -0.411. The zero-order valence-electron chi connectivity index (χ0n) is 11.2. The van der Waals surface area contributed by atoms with Gasteiger partial charge in [-0.3, -0.25) is 4.79 Å². The summed E-state index contributed by atoms with van der Waals surface area (Å²) in [4.78, 5) is 25.1. The highest BCUT2D eigenvalue weighted by Gasteiger charge is 2.23. The number of hydrogen-bond donors (Lipinski definition) is 1. The normalized spacial score (nSPS) is 16.4. The molecule has 0 aromatic heterocycles. The van der Waals surface area contributed by atoms with Crippen LogP contribution >= 0.6 is 0 Å². The molecule has 1 aliphatic rings. The highest BCUT2D eigenvalue weighted by molar-refractivity contribution is 5.88. The van der Waals surface area contributed by atoms with E-state index in [2.05, 4.69) is 11.9 Å². The monoisotopic (exact) mass is 254 g/mol. The van der Waals surface area contributed by atoms with Crippen molar-refractivity contribution in [2.45, 2.75) is 32.7 Å². The van der Waals surface area contributed by atoms with Crippen molar-refractivity contribution in [3.8, 4) is 0 Å². The fraction of sp³-hybridized carbons (Fsp3) is 0.692. The van der Waals surface area contributed by atoms with E-state index in [0.717, 1.165) is 25.9 Å². The lowest BCUT2D eigenvalue weighted by atomic mass is 10.2. The van der Waals surface area contributed by atoms with E-state index in [1.165, 1.54) is 0 Å². The fourth-order valence-electron chi connectivity index (χ4n) is 1.88. The number of esters is 1. The second kappa shape index (κ2) is 7.16. The van der Waals surface area contributed by atoms with Gasteiger partial charge in [-0.2, -0.15) is 0 Å². The van der Waals surface area contributed by atoms with Crippen LogP contribution in [0.15, 0.2) is 12.2 Å². The van der Waals surface area contributed by atoms with E-state index in [1.54, 1.807) is 13.8 Å². The van der Waals surface area contributed by atoms with Crippen LogP contribution in [0.1, 0.15) is 26.7 Å². The van der Waals surface area contributed by atoms with Crippen LogP contribution in [0.5, 0.6) is 0 Å². The van der Waals surface area contributed by atoms with Gasteiger partial charge in [-0.15, -0.1) is 0 Å². The van der Waals surface area contributed by atoms with Crippen molar-refractivity contribution in [2.24, 2.45) is 0 Å². The van der Waals surface area contributed by atoms with Crippen molar-refractivity contribution in [3.63, 3.8) is 0 Å². The molecular formula is C13H22N2O3. The topological polar surface area (TPSA) is 58.6 Å². The van der Waals surface area contributed by atoms with Gasteiger partial charge in [-0.25, -0.2) is 4.79 Å². The molecule has 0 aromatic carbocycles. The lowest BCUT2D eigenvalue weighted by molar-refractivity contribution is -0.138. The molecule has 1 fully saturated rings. The van der Waals surface area contributed by atoms with Crippen molar-refractivity contribution in [1.29, 1.82) is 0 Å². The molecule has 0 spiro atoms. The van der Waals surface area contributed by atoms with Gasteiger partial charge in [0.25, 0.3) is 0 Å². The third-order valence-corrected chi connectivity index (χ3v) is 2.97. The third-order valence-electron chi connectivity index (χ3n) is 2.97. The Bertz CT molecular complexity index is 322. The first kappa shape index (κ1) is 14.7. The van der Waals surface area contributed by atoms with Crippen molar-refractivity contribution in [1.82, 2.24) is 10.2 Å². The molecule has 1 rings (SSSR count). The Morgan fingerprint density at radius 1 is 1.39 bits per heavy atom. The Kier molecular flexibility index (Phi) is 5.85. The molecule has 5 heteroatoms. The predicted molar refractivity (Wildman–Crippen MR) is 69.1 cm³/mol. The summed E-state index contributed by atoms with van der Waals surface area (Å²) in [5, 5.41) is 3.01. The highest BCUT2D eigenvalue weighted by Crippen LogP contribution is 2.09. The Hall–Kier alpha value is -1.36. The number of carbonyl (C=O) groups is 2. The van der Waals surface area contributed by atoms with Gasteiger partial charge in [0.2, 0.25) is 5.91 Å². The van der Waals surface area contributed by atoms with Gasteiger partial charge in [0.05, 0.1) is 12.6 Å². The predicted octanol–water partition coefficient (Wildman–Crippen LogP) is 0.706. The van der Waals surface area contributed by atoms with Crippen LogP contribution in [0.25, 0.3) is 0 Å². The lowest BCUT2D eigenvalue weighted by Crippen LogP contribution is -2.44. The van der Waals surface area contributed by atoms with E-state index in [9.17, 15) is 9.59 Å². The molecule has 5 nitrogen and oxygen atoms in total. The Balaban J connectivity index is 2.31. The first-order chi connectivity index (χ1) is 8.56. The van der Waals surface area contributed by atoms with Crippen LogP contribution < -0.4 is 5.32 Å². The summed E-state index contributed by atoms with van der Waals surface area (Å²) in [5.41, 5.74) is 0.345. The van der Waals surface area contributed by atoms with Gasteiger partial charge in [0.1, 0.15) is 0 Å². The highest BCUT2D eigenvalue weighted by atomic mass is 16.5. The number of nitrogens with zero attached hydrogens (tertiary/aromatic N) is 1. The number of likely N-dealkylation sites (tertiary alicyclic amines) is 1. The lowest BCUT2D eigenvalue weighted by Gasteiger charge is -2.21. The van der Waals surface area contributed by atoms with Crippen molar-refractivity contribution in [3.05, 3.63) is 12.2 Å². The summed E-state index contributed by atoms with van der Waals surface area (Å²) in [7, 11) is 0. The minimum Gasteiger partial charge on any atom is -0.463 e. The molecule has 1 saturated heterocycles. The third kappa shape index (κ3) is 4.14. The first-order valence-corrected chi connectivity index (χ1v) is 6.43. The second-order valence-corrected chi connectivity index (χ2v) is 4.46. The van der Waals surface area contributed by atoms with Gasteiger partial charge in [0.15, 0.2) is 0 Å². The smallest absolute Gasteiger partial charge is 0.334 e. The molecule has 1 amide bonds. The number of hydrogen-bond acceptors (Lipinski definition) is 4. The zero-order valence-corrected chi connectivity index (χ0v) is 11.2. The Morgan fingerprint density at radius 3 is 2.56 bits per heavy atom. The summed E-state index contributed by atoms with van der Waals surface area (Å²) in [6.07, 6.45) is 2.15. The molecule has 1 aliphatic heterocycles. The van der Waals surface area contributed by atoms with Crippen LogP contribution in [0.4, 0.5) is 0 Å². The van der Waals surface area contributed by atoms with Gasteiger partial charge < -0.3 is 15.0 Å². The van der Waals surface area contributed by atoms with Gasteiger partial charge in [-0.1, -0.05) is 6.58 Å². The van der Waals surface area contributed by atoms with Crippen molar-refractivity contribution in [2.75, 3.05) is 26.2 Å². The number of amides is 1. The fourth-order valence-corrected chi connectivity index (χ4v) is 1.88. The molecule has 0 radical (unpaired) electrons. The summed E-state index contributed by atoms with van der Waals surface area (Å²) >= 11 is 0. The van der Waals surface area contributed by atoms with Gasteiger partial charge >= 0.3 is 5.97 Å². The number of nitrogens with one attached hydrogen (secondary N) is 1. The molecule has 1 N–H and O–H groups in total. The van der Waals surface area contributed by atoms with Gasteiger partial charge in [-0.05, 0) is 26.7 Å². The maximum atomic E-state index is 12.0. The Labute approximate surface area is 108 Å². The molecule has 0 bridgehead atoms. The van der Waals surface area contributed by atoms with Crippen LogP contribution in [-0.2, 0) is 14.3 Å². The molecule has 0 aromatic rings. The molecule has 1 heterocycles. The summed E-state index contributed by atoms with van der Waals surface area (Å²) in [5.74, 6) is -0.324. The van der Waals surface area contributed by atoms with E-state index in [4.69, 9.17) is 4.74 Å². The second-order valence-electron chi connectivity index (χ2n) is 4.46. The first-order valence-electron chi connectivity index (χ1n) is 6.43. The summed E-state index contributed by atoms with van der Waals surface area (Å²) < 4.78 is 4.82. The van der Waals surface area contributed by atoms with Crippen LogP contribution in [0.2, 0.25) is 0 Å². The number of carbonyl (C=O) groups excluding carboxylic acids is 2. The molecule has 1 unspecified atom stereocenters. The average molecular weight is 254 g/mol. The van der Waals surface area contributed by atoms with E-state index >= 15 is 0 Å². The van der Waals surface area contributed by atoms with E-state index in [1.807, 2.05) is 4.90 Å². The molecule has 18 heavy (non-hydrogen) atoms. The molecule has 0 saturated carbocycles. The van der Waals surface area contributed by atoms with Gasteiger partial charge in [0, 0.05) is 25.2 Å². The summed E-state index contributed by atoms with van der Waals surface area (Å²) in [6, 6.07) is -0.297. The molecule has 0 aliphatic carbocycles. The average Bonchev–Trinajstić information content (AvgIpc) is 2.88. The largest absolute Gasteiger partial charge is 0.463 e. The molecule has 1 atom stereocenters. The van der Waals surface area contributed by atoms with Crippen LogP contribution in [0, 0.1) is 0 Å². The quantitative estimate of drug-likeness (QED) is 0.560. The van der Waals surface area contributed by atoms with Crippen LogP contribution in [-0.4, -0.2) is 49.1 Å². The van der Waals surface area contributed by atoms with Crippen molar-refractivity contribution < 1.29 is 14.3 Å². The van der Waals surface area contributed by atoms with E-state index in [-0.39, 0.29) is 18.5 Å². The molecule has 102 valence electrons. The van der Waals surface area contributed by atoms with Crippen LogP contribution in [0.3, 0.4) is 0 Å². The maximum Gasteiger partial charge on any atom is 0.334 e. The van der Waals surface area contributed by atoms with E-state index in [0.29, 0.717) is 12.2 Å². The SMILES string of the molecule is C=C(CNC(C)C(=O)N1CCCC1)C(=O)OCC. The Morgan fingerprint density at radius 2 is 2.00 bits per heavy atom.